The molecule has 226 valence electrons. The lowest BCUT2D eigenvalue weighted by Gasteiger charge is -2.33. The molecule has 0 aromatic heterocycles. The third kappa shape index (κ3) is 5.57. The molecule has 7 nitrogen and oxygen atoms in total. The highest BCUT2D eigenvalue weighted by Crippen LogP contribution is 2.50. The van der Waals surface area contributed by atoms with Crippen molar-refractivity contribution in [3.63, 3.8) is 0 Å². The molecule has 0 saturated heterocycles. The van der Waals surface area contributed by atoms with E-state index in [9.17, 15) is 25.2 Å². The molecule has 4 aliphatic rings. The third-order valence-corrected chi connectivity index (χ3v) is 8.11. The molecule has 0 amide bonds. The Morgan fingerprint density at radius 3 is 2.11 bits per heavy atom. The van der Waals surface area contributed by atoms with E-state index in [0.717, 1.165) is 13.0 Å². The number of benzene rings is 3. The van der Waals surface area contributed by atoms with Crippen LogP contribution in [0.1, 0.15) is 39.8 Å². The molecular weight excluding hydrogens is 578 g/mol. The van der Waals surface area contributed by atoms with Gasteiger partial charge in [-0.3, -0.25) is 4.79 Å². The van der Waals surface area contributed by atoms with Gasteiger partial charge in [0.1, 0.15) is 12.2 Å². The van der Waals surface area contributed by atoms with E-state index in [4.69, 9.17) is 4.74 Å². The van der Waals surface area contributed by atoms with Crippen LogP contribution in [-0.4, -0.2) is 64.0 Å². The number of hydrogen-bond acceptors (Lipinski definition) is 7. The van der Waals surface area contributed by atoms with Gasteiger partial charge in [-0.25, -0.2) is 0 Å². The van der Waals surface area contributed by atoms with Crippen LogP contribution in [0.2, 0.25) is 0 Å². The number of aromatic hydroxyl groups is 2. The monoisotopic (exact) mass is 611 g/mol. The molecule has 8 heteroatoms. The van der Waals surface area contributed by atoms with Crippen molar-refractivity contribution >= 4 is 41.5 Å². The molecule has 0 radical (unpaired) electrons. The Bertz CT molecular complexity index is 1750. The quantitative estimate of drug-likeness (QED) is 0.209. The van der Waals surface area contributed by atoms with Gasteiger partial charge in [0.05, 0.1) is 0 Å². The van der Waals surface area contributed by atoms with Crippen molar-refractivity contribution in [1.82, 2.24) is 4.90 Å². The highest BCUT2D eigenvalue weighted by molar-refractivity contribution is 6.06. The molecule has 0 fully saturated rings. The largest absolute Gasteiger partial charge is 0.504 e. The number of carbonyl (C=O) groups excluding carboxylic acids is 1. The standard InChI is InChI=1S/C20H21N.C16H12O6.ClH/c1-21(2)15-7-12-20-18-10-5-3-8-16(18)13-14-17-9-4-6-11-19(17)20;17-10-2-1-8-13-9-4-12(19)11(18)3-7(9)5-16(13,21)6-22-15(8)14(10)20;/h3-6,8-14H,7,15H2,1-2H3;1-4,18-21H,5-6H2;1H. The zero-order chi connectivity index (χ0) is 30.3. The number of ether oxygens (including phenoxy) is 1. The molecule has 1 aliphatic heterocycles. The number of nitrogens with zero attached hydrogens (tertiary/aromatic N) is 1. The van der Waals surface area contributed by atoms with Crippen LogP contribution in [0.4, 0.5) is 0 Å². The molecule has 4 N–H and O–H groups in total. The first-order valence-electron chi connectivity index (χ1n) is 14.2. The highest BCUT2D eigenvalue weighted by atomic mass is 35.5. The summed E-state index contributed by atoms with van der Waals surface area (Å²) in [5.74, 6) is -1.58. The summed E-state index contributed by atoms with van der Waals surface area (Å²) in [7, 11) is 4.24. The van der Waals surface area contributed by atoms with Crippen molar-refractivity contribution in [2.75, 3.05) is 27.2 Å². The lowest BCUT2D eigenvalue weighted by Crippen LogP contribution is -2.39. The normalized spacial score (nSPS) is 19.0. The van der Waals surface area contributed by atoms with Crippen LogP contribution in [-0.2, 0) is 16.0 Å². The fraction of sp³-hybridized carbons (Fsp3) is 0.194. The minimum atomic E-state index is -1.33. The molecule has 7 rings (SSSR count). The molecular formula is C36H34ClNO6. The maximum absolute atomic E-state index is 11.5. The van der Waals surface area contributed by atoms with Gasteiger partial charge in [0.2, 0.25) is 11.5 Å². The van der Waals surface area contributed by atoms with E-state index < -0.39 is 17.1 Å². The van der Waals surface area contributed by atoms with E-state index in [1.54, 1.807) is 0 Å². The Morgan fingerprint density at radius 1 is 0.864 bits per heavy atom. The Kier molecular flexibility index (Phi) is 8.57. The zero-order valence-corrected chi connectivity index (χ0v) is 25.3. The number of halogens is 1. The predicted octanol–water partition coefficient (Wildman–Crippen LogP) is 6.05. The Hall–Kier alpha value is -4.56. The number of phenolic OH excluding ortho intramolecular Hbond substituents is 2. The van der Waals surface area contributed by atoms with E-state index in [0.29, 0.717) is 22.3 Å². The van der Waals surface area contributed by atoms with Crippen molar-refractivity contribution in [2.45, 2.75) is 18.4 Å². The van der Waals surface area contributed by atoms with Crippen molar-refractivity contribution in [1.29, 1.82) is 0 Å². The van der Waals surface area contributed by atoms with Crippen LogP contribution in [0.25, 0.3) is 23.3 Å². The number of allylic oxidation sites excluding steroid dienone is 2. The number of phenols is 2. The topological polar surface area (TPSA) is 110 Å². The molecule has 1 heterocycles. The fourth-order valence-electron chi connectivity index (χ4n) is 6.05. The van der Waals surface area contributed by atoms with Crippen LogP contribution < -0.4 is 0 Å². The number of hydrogen-bond donors (Lipinski definition) is 4. The van der Waals surface area contributed by atoms with Crippen LogP contribution in [0.15, 0.2) is 96.0 Å². The third-order valence-electron chi connectivity index (χ3n) is 8.11. The Labute approximate surface area is 262 Å². The summed E-state index contributed by atoms with van der Waals surface area (Å²) >= 11 is 0. The molecule has 0 saturated carbocycles. The van der Waals surface area contributed by atoms with Crippen LogP contribution in [0, 0.1) is 0 Å². The van der Waals surface area contributed by atoms with Gasteiger partial charge in [-0.05, 0) is 83.8 Å². The smallest absolute Gasteiger partial charge is 0.224 e. The number of rotatable bonds is 3. The Morgan fingerprint density at radius 2 is 1.48 bits per heavy atom. The molecule has 3 aromatic carbocycles. The molecule has 0 spiro atoms. The lowest BCUT2D eigenvalue weighted by molar-refractivity contribution is -0.114. The highest BCUT2D eigenvalue weighted by Gasteiger charge is 2.47. The molecule has 1 unspecified atom stereocenters. The number of aliphatic hydroxyl groups excluding tert-OH is 1. The predicted molar refractivity (Wildman–Crippen MR) is 174 cm³/mol. The fourth-order valence-corrected chi connectivity index (χ4v) is 6.05. The van der Waals surface area contributed by atoms with Crippen molar-refractivity contribution in [3.05, 3.63) is 129 Å². The van der Waals surface area contributed by atoms with Gasteiger partial charge in [-0.15, -0.1) is 12.4 Å². The van der Waals surface area contributed by atoms with Crippen LogP contribution in [0.5, 0.6) is 11.5 Å². The molecule has 3 aliphatic carbocycles. The SMILES string of the molecule is CN(C)CCC=C1c2ccccc2C=Cc2ccccc21.Cl.O=C1C=CC2=C3c4cc(O)c(O)cc4CC3(O)COC2=C1O. The second-order valence-electron chi connectivity index (χ2n) is 11.4. The van der Waals surface area contributed by atoms with E-state index in [1.807, 2.05) is 0 Å². The van der Waals surface area contributed by atoms with Crippen LogP contribution in [0.3, 0.4) is 0 Å². The van der Waals surface area contributed by atoms with Gasteiger partial charge >= 0.3 is 0 Å². The molecule has 0 bridgehead atoms. The van der Waals surface area contributed by atoms with Gasteiger partial charge in [-0.1, -0.05) is 66.8 Å². The molecule has 3 aromatic rings. The number of aliphatic hydroxyl groups is 2. The summed E-state index contributed by atoms with van der Waals surface area (Å²) in [4.78, 5) is 13.8. The molecule has 44 heavy (non-hydrogen) atoms. The van der Waals surface area contributed by atoms with Gasteiger partial charge in [0.15, 0.2) is 17.3 Å². The van der Waals surface area contributed by atoms with Gasteiger partial charge in [0, 0.05) is 24.1 Å². The van der Waals surface area contributed by atoms with E-state index in [1.165, 1.54) is 52.1 Å². The minimum Gasteiger partial charge on any atom is -0.504 e. The summed E-state index contributed by atoms with van der Waals surface area (Å²) < 4.78 is 5.40. The van der Waals surface area contributed by atoms with E-state index in [-0.39, 0.29) is 42.7 Å². The second kappa shape index (κ2) is 12.2. The first-order chi connectivity index (χ1) is 20.7. The summed E-state index contributed by atoms with van der Waals surface area (Å²) in [6.07, 6.45) is 10.8. The van der Waals surface area contributed by atoms with E-state index >= 15 is 0 Å². The maximum Gasteiger partial charge on any atom is 0.224 e. The molecule has 1 atom stereocenters. The summed E-state index contributed by atoms with van der Waals surface area (Å²) in [5, 5.41) is 40.1. The summed E-state index contributed by atoms with van der Waals surface area (Å²) in [6.45, 7) is 0.948. The van der Waals surface area contributed by atoms with Gasteiger partial charge in [0.25, 0.3) is 0 Å². The Balaban J connectivity index is 0.000000171. The van der Waals surface area contributed by atoms with Crippen molar-refractivity contribution < 1.29 is 30.0 Å². The first-order valence-corrected chi connectivity index (χ1v) is 14.2. The minimum absolute atomic E-state index is 0. The van der Waals surface area contributed by atoms with Crippen molar-refractivity contribution in [2.24, 2.45) is 0 Å². The second-order valence-corrected chi connectivity index (χ2v) is 11.4. The van der Waals surface area contributed by atoms with E-state index in [2.05, 4.69) is 85.8 Å². The average molecular weight is 612 g/mol. The zero-order valence-electron chi connectivity index (χ0n) is 24.4. The number of fused-ring (bicyclic) bond motifs is 6. The van der Waals surface area contributed by atoms with Gasteiger partial charge < -0.3 is 30.1 Å². The summed E-state index contributed by atoms with van der Waals surface area (Å²) in [6, 6.07) is 20.1. The summed E-state index contributed by atoms with van der Waals surface area (Å²) in [5.41, 5.74) is 7.41. The number of ketones is 1. The first kappa shape index (κ1) is 30.9. The van der Waals surface area contributed by atoms with Crippen LogP contribution >= 0.6 is 12.4 Å². The van der Waals surface area contributed by atoms with Crippen molar-refractivity contribution in [3.8, 4) is 11.5 Å². The lowest BCUT2D eigenvalue weighted by atomic mass is 9.85. The van der Waals surface area contributed by atoms with Gasteiger partial charge in [-0.2, -0.15) is 0 Å². The average Bonchev–Trinajstić information content (AvgIpc) is 3.18. The number of carbonyl (C=O) groups is 1. The maximum atomic E-state index is 11.5.